The van der Waals surface area contributed by atoms with Gasteiger partial charge in [0.1, 0.15) is 17.8 Å². The second-order valence-electron chi connectivity index (χ2n) is 10.00. The Kier molecular flexibility index (Phi) is 11.0. The fourth-order valence-electron chi connectivity index (χ4n) is 4.80. The van der Waals surface area contributed by atoms with E-state index < -0.39 is 11.0 Å². The van der Waals surface area contributed by atoms with E-state index in [0.717, 1.165) is 12.8 Å². The SMILES string of the molecule is C.C.C.C.CCC(CC(C)(C)C(=O)OC(C)(C)C)C(=O)OC1C2CC3C(=O)OC1C3C2. The Hall–Kier alpha value is -1.59. The molecule has 3 rings (SSSR count). The Morgan fingerprint density at radius 3 is 2.16 bits per heavy atom. The van der Waals surface area contributed by atoms with Crippen molar-refractivity contribution in [2.45, 2.75) is 115 Å². The molecule has 31 heavy (non-hydrogen) atoms. The van der Waals surface area contributed by atoms with Gasteiger partial charge in [-0.05, 0) is 60.3 Å². The topological polar surface area (TPSA) is 78.9 Å². The van der Waals surface area contributed by atoms with Gasteiger partial charge in [-0.2, -0.15) is 0 Å². The highest BCUT2D eigenvalue weighted by Gasteiger charge is 2.63. The predicted molar refractivity (Wildman–Crippen MR) is 124 cm³/mol. The molecule has 2 bridgehead atoms. The van der Waals surface area contributed by atoms with Crippen LogP contribution >= 0.6 is 0 Å². The normalized spacial score (nSPS) is 28.7. The van der Waals surface area contributed by atoms with Crippen LogP contribution in [0.4, 0.5) is 0 Å². The number of esters is 3. The number of carbonyl (C=O) groups is 3. The summed E-state index contributed by atoms with van der Waals surface area (Å²) < 4.78 is 16.8. The first kappa shape index (κ1) is 31.6. The molecule has 0 aromatic carbocycles. The summed E-state index contributed by atoms with van der Waals surface area (Å²) in [5.41, 5.74) is -1.35. The highest BCUT2D eigenvalue weighted by Crippen LogP contribution is 2.55. The number of rotatable bonds is 6. The zero-order chi connectivity index (χ0) is 20.1. The van der Waals surface area contributed by atoms with Crippen molar-refractivity contribution in [3.63, 3.8) is 0 Å². The van der Waals surface area contributed by atoms with Crippen LogP contribution in [-0.4, -0.2) is 35.7 Å². The molecule has 0 spiro atoms. The van der Waals surface area contributed by atoms with Gasteiger partial charge in [0.2, 0.25) is 0 Å². The van der Waals surface area contributed by atoms with Gasteiger partial charge in [-0.25, -0.2) is 0 Å². The molecule has 2 aliphatic carbocycles. The average molecular weight is 445 g/mol. The lowest BCUT2D eigenvalue weighted by molar-refractivity contribution is -0.171. The van der Waals surface area contributed by atoms with Gasteiger partial charge in [0, 0.05) is 11.8 Å². The van der Waals surface area contributed by atoms with Gasteiger partial charge in [-0.1, -0.05) is 36.6 Å². The summed E-state index contributed by atoms with van der Waals surface area (Å²) in [6.45, 7) is 11.0. The Morgan fingerprint density at radius 2 is 1.65 bits per heavy atom. The fraction of sp³-hybridized carbons (Fsp3) is 0.880. The molecule has 1 saturated heterocycles. The van der Waals surface area contributed by atoms with Crippen molar-refractivity contribution in [2.24, 2.45) is 29.1 Å². The molecule has 6 atom stereocenters. The Balaban J connectivity index is 0. The molecule has 6 heteroatoms. The third-order valence-corrected chi connectivity index (χ3v) is 6.20. The molecule has 0 aromatic heterocycles. The van der Waals surface area contributed by atoms with Crippen molar-refractivity contribution in [1.82, 2.24) is 0 Å². The van der Waals surface area contributed by atoms with Crippen LogP contribution in [0.5, 0.6) is 0 Å². The third kappa shape index (κ3) is 6.23. The van der Waals surface area contributed by atoms with E-state index in [1.165, 1.54) is 0 Å². The highest BCUT2D eigenvalue weighted by molar-refractivity contribution is 5.79. The smallest absolute Gasteiger partial charge is 0.312 e. The minimum absolute atomic E-state index is 0. The molecule has 6 unspecified atom stereocenters. The van der Waals surface area contributed by atoms with Gasteiger partial charge >= 0.3 is 17.9 Å². The Labute approximate surface area is 190 Å². The van der Waals surface area contributed by atoms with Crippen molar-refractivity contribution in [3.8, 4) is 0 Å². The second-order valence-corrected chi connectivity index (χ2v) is 10.00. The fourth-order valence-corrected chi connectivity index (χ4v) is 4.80. The molecular formula is C25H48O6. The molecule has 3 fully saturated rings. The van der Waals surface area contributed by atoms with E-state index in [1.54, 1.807) is 13.8 Å². The molecule has 0 N–H and O–H groups in total. The summed E-state index contributed by atoms with van der Waals surface area (Å²) in [6.07, 6.45) is 2.01. The summed E-state index contributed by atoms with van der Waals surface area (Å²) in [4.78, 5) is 37.2. The quantitative estimate of drug-likeness (QED) is 0.380. The largest absolute Gasteiger partial charge is 0.460 e. The van der Waals surface area contributed by atoms with Gasteiger partial charge in [0.25, 0.3) is 0 Å². The molecule has 2 saturated carbocycles. The first-order chi connectivity index (χ1) is 12.4. The number of ether oxygens (including phenoxy) is 3. The van der Waals surface area contributed by atoms with Crippen LogP contribution in [0.25, 0.3) is 0 Å². The van der Waals surface area contributed by atoms with Gasteiger partial charge < -0.3 is 14.2 Å². The van der Waals surface area contributed by atoms with Gasteiger partial charge in [0.15, 0.2) is 0 Å². The number of carbonyl (C=O) groups excluding carboxylic acids is 3. The summed E-state index contributed by atoms with van der Waals surface area (Å²) in [5, 5.41) is 0. The zero-order valence-corrected chi connectivity index (χ0v) is 17.2. The minimum atomic E-state index is -0.785. The maximum atomic E-state index is 12.8. The number of fused-ring (bicyclic) bond motifs is 1. The van der Waals surface area contributed by atoms with Crippen LogP contribution < -0.4 is 0 Å². The van der Waals surface area contributed by atoms with E-state index in [1.807, 2.05) is 27.7 Å². The van der Waals surface area contributed by atoms with Crippen molar-refractivity contribution < 1.29 is 28.6 Å². The molecular weight excluding hydrogens is 396 g/mol. The van der Waals surface area contributed by atoms with Crippen LogP contribution in [0.3, 0.4) is 0 Å². The Morgan fingerprint density at radius 1 is 1.06 bits per heavy atom. The van der Waals surface area contributed by atoms with Gasteiger partial charge in [-0.15, -0.1) is 0 Å². The van der Waals surface area contributed by atoms with Crippen LogP contribution in [0.15, 0.2) is 0 Å². The molecule has 0 radical (unpaired) electrons. The summed E-state index contributed by atoms with van der Waals surface area (Å²) in [7, 11) is 0. The first-order valence-corrected chi connectivity index (χ1v) is 10.1. The minimum Gasteiger partial charge on any atom is -0.460 e. The van der Waals surface area contributed by atoms with Gasteiger partial charge in [0.05, 0.1) is 17.3 Å². The first-order valence-electron chi connectivity index (χ1n) is 10.1. The van der Waals surface area contributed by atoms with E-state index in [2.05, 4.69) is 0 Å². The van der Waals surface area contributed by atoms with E-state index in [9.17, 15) is 14.4 Å². The molecule has 1 aliphatic heterocycles. The molecule has 184 valence electrons. The zero-order valence-electron chi connectivity index (χ0n) is 17.2. The van der Waals surface area contributed by atoms with Crippen molar-refractivity contribution in [2.75, 3.05) is 0 Å². The molecule has 3 aliphatic rings. The van der Waals surface area contributed by atoms with Crippen molar-refractivity contribution in [1.29, 1.82) is 0 Å². The van der Waals surface area contributed by atoms with Crippen molar-refractivity contribution in [3.05, 3.63) is 0 Å². The maximum absolute atomic E-state index is 12.8. The van der Waals surface area contributed by atoms with E-state index in [0.29, 0.717) is 12.8 Å². The second kappa shape index (κ2) is 10.8. The predicted octanol–water partition coefficient (Wildman–Crippen LogP) is 5.81. The third-order valence-electron chi connectivity index (χ3n) is 6.20. The highest BCUT2D eigenvalue weighted by atomic mass is 16.6. The maximum Gasteiger partial charge on any atom is 0.312 e. The lowest BCUT2D eigenvalue weighted by Crippen LogP contribution is -2.40. The number of hydrogen-bond donors (Lipinski definition) is 0. The van der Waals surface area contributed by atoms with Crippen LogP contribution in [0.1, 0.15) is 96.9 Å². The molecule has 6 nitrogen and oxygen atoms in total. The lowest BCUT2D eigenvalue weighted by Gasteiger charge is -2.32. The van der Waals surface area contributed by atoms with E-state index in [4.69, 9.17) is 14.2 Å². The van der Waals surface area contributed by atoms with E-state index >= 15 is 0 Å². The lowest BCUT2D eigenvalue weighted by atomic mass is 9.81. The summed E-state index contributed by atoms with van der Waals surface area (Å²) in [6, 6.07) is 0. The van der Waals surface area contributed by atoms with Crippen LogP contribution in [0.2, 0.25) is 0 Å². The standard InChI is InChI=1S/C21H32O6.4CH4/c1-7-11(10-21(5,6)19(24)27-20(2,3)4)17(22)25-15-12-8-13-14(9-12)18(23)26-16(13)15;;;;/h11-16H,7-10H2,1-6H3;4*1H4. The summed E-state index contributed by atoms with van der Waals surface area (Å²) in [5.74, 6) is -0.706. The summed E-state index contributed by atoms with van der Waals surface area (Å²) >= 11 is 0. The number of hydrogen-bond acceptors (Lipinski definition) is 6. The van der Waals surface area contributed by atoms with E-state index in [-0.39, 0.29) is 83.5 Å². The van der Waals surface area contributed by atoms with Crippen molar-refractivity contribution >= 4 is 17.9 Å². The Bertz CT molecular complexity index is 632. The monoisotopic (exact) mass is 444 g/mol. The molecule has 1 heterocycles. The molecule has 0 aromatic rings. The van der Waals surface area contributed by atoms with Crippen LogP contribution in [0, 0.1) is 29.1 Å². The van der Waals surface area contributed by atoms with Crippen LogP contribution in [-0.2, 0) is 28.6 Å². The van der Waals surface area contributed by atoms with Gasteiger partial charge in [-0.3, -0.25) is 14.4 Å². The average Bonchev–Trinajstić information content (AvgIpc) is 3.15. The molecule has 0 amide bonds.